The third-order valence-corrected chi connectivity index (χ3v) is 4.19. The highest BCUT2D eigenvalue weighted by atomic mass is 17.1. The monoisotopic (exact) mass is 394 g/mol. The van der Waals surface area contributed by atoms with E-state index >= 15 is 0 Å². The Labute approximate surface area is 158 Å². The summed E-state index contributed by atoms with van der Waals surface area (Å²) in [5.41, 5.74) is 0.440. The smallest absolute Gasteiger partial charge is 0.310 e. The van der Waals surface area contributed by atoms with Gasteiger partial charge in [-0.3, -0.25) is 14.5 Å². The zero-order valence-electron chi connectivity index (χ0n) is 15.1. The summed E-state index contributed by atoms with van der Waals surface area (Å²) < 4.78 is 5.15. The first-order valence-electron chi connectivity index (χ1n) is 8.11. The zero-order valence-corrected chi connectivity index (χ0v) is 15.1. The van der Waals surface area contributed by atoms with Crippen molar-refractivity contribution in [2.24, 2.45) is 0 Å². The minimum absolute atomic E-state index is 0.185. The number of carboxylic acids is 1. The lowest BCUT2D eigenvalue weighted by Crippen LogP contribution is -2.37. The van der Waals surface area contributed by atoms with E-state index in [1.165, 1.54) is 7.11 Å². The number of benzene rings is 2. The summed E-state index contributed by atoms with van der Waals surface area (Å²) in [7, 11) is 1.53. The molecule has 0 aromatic heterocycles. The van der Waals surface area contributed by atoms with Gasteiger partial charge in [-0.1, -0.05) is 24.3 Å². The normalized spacial score (nSPS) is 12.2. The van der Waals surface area contributed by atoms with Crippen LogP contribution in [0.25, 0.3) is 10.8 Å². The fourth-order valence-corrected chi connectivity index (χ4v) is 2.85. The van der Waals surface area contributed by atoms with Crippen molar-refractivity contribution in [3.8, 4) is 5.75 Å². The van der Waals surface area contributed by atoms with E-state index in [0.29, 0.717) is 11.3 Å². The molecule has 0 spiro atoms. The number of nitrogens with zero attached hydrogens (tertiary/aromatic N) is 2. The maximum absolute atomic E-state index is 11.7. The van der Waals surface area contributed by atoms with E-state index in [-0.39, 0.29) is 6.42 Å². The molecule has 0 amide bonds. The van der Waals surface area contributed by atoms with Crippen molar-refractivity contribution in [2.45, 2.75) is 31.5 Å². The lowest BCUT2D eigenvalue weighted by Gasteiger charge is -2.25. The largest absolute Gasteiger partial charge is 0.497 e. The molecule has 0 bridgehead atoms. The van der Waals surface area contributed by atoms with Crippen LogP contribution in [0.2, 0.25) is 0 Å². The average molecular weight is 394 g/mol. The number of hydrogen-bond acceptors (Lipinski definition) is 8. The van der Waals surface area contributed by atoms with Crippen molar-refractivity contribution >= 4 is 16.7 Å². The van der Waals surface area contributed by atoms with E-state index in [2.05, 4.69) is 9.68 Å². The molecule has 150 valence electrons. The van der Waals surface area contributed by atoms with Crippen LogP contribution in [0.5, 0.6) is 5.75 Å². The summed E-state index contributed by atoms with van der Waals surface area (Å²) in [4.78, 5) is 41.4. The van der Waals surface area contributed by atoms with Gasteiger partial charge in [0.05, 0.1) is 13.0 Å². The minimum atomic E-state index is -2.22. The van der Waals surface area contributed by atoms with Gasteiger partial charge in [0, 0.05) is 6.42 Å². The van der Waals surface area contributed by atoms with E-state index in [0.717, 1.165) is 17.7 Å². The molecule has 0 saturated carbocycles. The molecule has 0 radical (unpaired) electrons. The van der Waals surface area contributed by atoms with Crippen LogP contribution in [-0.4, -0.2) is 34.1 Å². The van der Waals surface area contributed by atoms with Gasteiger partial charge >= 0.3 is 5.97 Å². The summed E-state index contributed by atoms with van der Waals surface area (Å²) in [6.07, 6.45) is -0.582. The molecular formula is C17H18N2O9. The third-order valence-electron chi connectivity index (χ3n) is 4.19. The lowest BCUT2D eigenvalue weighted by atomic mass is 9.91. The van der Waals surface area contributed by atoms with E-state index in [4.69, 9.17) is 4.74 Å². The summed E-state index contributed by atoms with van der Waals surface area (Å²) >= 11 is 0. The number of carboxylic acid groups (broad SMARTS) is 1. The Hall–Kier alpha value is -3.63. The molecule has 0 unspecified atom stereocenters. The summed E-state index contributed by atoms with van der Waals surface area (Å²) in [5, 5.41) is 29.9. The molecule has 1 atom stereocenters. The highest BCUT2D eigenvalue weighted by Crippen LogP contribution is 2.31. The molecule has 11 nitrogen and oxygen atoms in total. The molecule has 0 fully saturated rings. The Morgan fingerprint density at radius 2 is 1.68 bits per heavy atom. The second kappa shape index (κ2) is 8.37. The first-order chi connectivity index (χ1) is 13.1. The van der Waals surface area contributed by atoms with Crippen molar-refractivity contribution < 1.29 is 34.5 Å². The number of carbonyl (C=O) groups is 1. The van der Waals surface area contributed by atoms with Crippen molar-refractivity contribution in [3.05, 3.63) is 62.2 Å². The maximum Gasteiger partial charge on any atom is 0.310 e. The Balaban J connectivity index is 2.27. The number of aliphatic carboxylic acids is 1. The predicted molar refractivity (Wildman–Crippen MR) is 94.7 cm³/mol. The molecule has 2 aromatic rings. The van der Waals surface area contributed by atoms with Gasteiger partial charge in [0.25, 0.3) is 16.0 Å². The predicted octanol–water partition coefficient (Wildman–Crippen LogP) is 2.93. The number of methoxy groups -OCH3 is 1. The SMILES string of the molecule is COc1ccc2cc([C@H](CCC(C)(O[N+](=O)[O-])O[N+](=O)[O-])C(=O)O)ccc2c1. The molecule has 11 heteroatoms. The van der Waals surface area contributed by atoms with Crippen LogP contribution in [0.4, 0.5) is 0 Å². The topological polar surface area (TPSA) is 151 Å². The molecule has 0 aliphatic heterocycles. The van der Waals surface area contributed by atoms with Crippen molar-refractivity contribution in [2.75, 3.05) is 7.11 Å². The van der Waals surface area contributed by atoms with E-state index in [1.54, 1.807) is 36.4 Å². The molecule has 0 aliphatic rings. The van der Waals surface area contributed by atoms with Gasteiger partial charge in [-0.25, -0.2) is 0 Å². The summed E-state index contributed by atoms with van der Waals surface area (Å²) in [5.74, 6) is -3.82. The first-order valence-corrected chi connectivity index (χ1v) is 8.11. The molecule has 28 heavy (non-hydrogen) atoms. The Morgan fingerprint density at radius 3 is 2.21 bits per heavy atom. The van der Waals surface area contributed by atoms with Gasteiger partial charge in [0.1, 0.15) is 5.75 Å². The van der Waals surface area contributed by atoms with Gasteiger partial charge < -0.3 is 9.84 Å². The number of rotatable bonds is 10. The highest BCUT2D eigenvalue weighted by Gasteiger charge is 2.35. The van der Waals surface area contributed by atoms with Gasteiger partial charge in [-0.2, -0.15) is 0 Å². The lowest BCUT2D eigenvalue weighted by molar-refractivity contribution is -0.871. The van der Waals surface area contributed by atoms with Gasteiger partial charge in [-0.15, -0.1) is 20.2 Å². The number of hydrogen-bond donors (Lipinski definition) is 1. The standard InChI is InChI=1S/C17H18N2O9/c1-17(27-18(22)23,28-19(24)25)8-7-15(16(20)21)13-4-3-12-10-14(26-2)6-5-11(12)9-13/h3-6,9-10,15H,7-8H2,1-2H3,(H,20,21)/t15-/m0/s1. The van der Waals surface area contributed by atoms with Crippen molar-refractivity contribution in [1.82, 2.24) is 0 Å². The fourth-order valence-electron chi connectivity index (χ4n) is 2.85. The van der Waals surface area contributed by atoms with E-state index < -0.39 is 34.3 Å². The van der Waals surface area contributed by atoms with Gasteiger partial charge in [0.15, 0.2) is 0 Å². The number of ether oxygens (including phenoxy) is 1. The van der Waals surface area contributed by atoms with Crippen molar-refractivity contribution in [1.29, 1.82) is 0 Å². The Kier molecular flexibility index (Phi) is 6.18. The minimum Gasteiger partial charge on any atom is -0.497 e. The van der Waals surface area contributed by atoms with Gasteiger partial charge in [-0.05, 0) is 41.8 Å². The summed E-state index contributed by atoms with van der Waals surface area (Å²) in [6.45, 7) is 1.00. The highest BCUT2D eigenvalue weighted by molar-refractivity contribution is 5.86. The first kappa shape index (κ1) is 20.7. The molecule has 2 aromatic carbocycles. The fraction of sp³-hybridized carbons (Fsp3) is 0.353. The molecule has 2 rings (SSSR count). The zero-order chi connectivity index (χ0) is 20.9. The van der Waals surface area contributed by atoms with E-state index in [9.17, 15) is 30.1 Å². The maximum atomic E-state index is 11.7. The third kappa shape index (κ3) is 5.19. The quantitative estimate of drug-likeness (QED) is 0.364. The number of fused-ring (bicyclic) bond motifs is 1. The van der Waals surface area contributed by atoms with Crippen LogP contribution in [0, 0.1) is 20.2 Å². The Morgan fingerprint density at radius 1 is 1.11 bits per heavy atom. The Bertz CT molecular complexity index is 883. The van der Waals surface area contributed by atoms with Crippen LogP contribution in [0.3, 0.4) is 0 Å². The van der Waals surface area contributed by atoms with Crippen LogP contribution < -0.4 is 4.74 Å². The van der Waals surface area contributed by atoms with Crippen LogP contribution in [0.1, 0.15) is 31.2 Å². The average Bonchev–Trinajstić information content (AvgIpc) is 2.59. The molecule has 0 saturated heterocycles. The second-order valence-electron chi connectivity index (χ2n) is 6.17. The van der Waals surface area contributed by atoms with Gasteiger partial charge in [0.2, 0.25) is 0 Å². The summed E-state index contributed by atoms with van der Waals surface area (Å²) in [6, 6.07) is 10.3. The second-order valence-corrected chi connectivity index (χ2v) is 6.17. The molecule has 0 aliphatic carbocycles. The van der Waals surface area contributed by atoms with Crippen molar-refractivity contribution in [3.63, 3.8) is 0 Å². The van der Waals surface area contributed by atoms with Crippen LogP contribution in [-0.2, 0) is 14.5 Å². The van der Waals surface area contributed by atoms with E-state index in [1.807, 2.05) is 0 Å². The molecule has 0 heterocycles. The molecule has 1 N–H and O–H groups in total. The van der Waals surface area contributed by atoms with Crippen LogP contribution in [0.15, 0.2) is 36.4 Å². The van der Waals surface area contributed by atoms with Crippen LogP contribution >= 0.6 is 0 Å². The molecular weight excluding hydrogens is 376 g/mol.